The molecule has 28 heavy (non-hydrogen) atoms. The molecule has 0 aliphatic heterocycles. The van der Waals surface area contributed by atoms with E-state index >= 15 is 0 Å². The molecule has 0 spiro atoms. The monoisotopic (exact) mass is 395 g/mol. The van der Waals surface area contributed by atoms with Crippen LogP contribution in [0.15, 0.2) is 41.8 Å². The first-order valence-corrected chi connectivity index (χ1v) is 11.7. The fraction of sp³-hybridized carbons (Fsp3) is 0.542. The first kappa shape index (κ1) is 18.4. The van der Waals surface area contributed by atoms with Gasteiger partial charge in [0, 0.05) is 11.1 Å². The number of nitrogens with one attached hydrogen (secondary N) is 1. The first-order valence-electron chi connectivity index (χ1n) is 10.8. The highest BCUT2D eigenvalue weighted by Gasteiger charge is 2.51. The molecule has 1 aromatic carbocycles. The van der Waals surface area contributed by atoms with Crippen molar-refractivity contribution in [3.05, 3.63) is 57.8 Å². The van der Waals surface area contributed by atoms with Crippen LogP contribution in [0.5, 0.6) is 0 Å². The highest BCUT2D eigenvalue weighted by Crippen LogP contribution is 2.55. The quantitative estimate of drug-likeness (QED) is 0.768. The summed E-state index contributed by atoms with van der Waals surface area (Å²) in [7, 11) is 0. The lowest BCUT2D eigenvalue weighted by molar-refractivity contribution is -0.676. The van der Waals surface area contributed by atoms with Gasteiger partial charge in [-0.25, -0.2) is 0 Å². The van der Waals surface area contributed by atoms with Crippen LogP contribution < -0.4 is 10.6 Å². The molecule has 3 N–H and O–H groups in total. The average molecular weight is 396 g/mol. The molecule has 3 nitrogen and oxygen atoms in total. The number of benzene rings is 1. The summed E-state index contributed by atoms with van der Waals surface area (Å²) in [6.07, 6.45) is 7.89. The van der Waals surface area contributed by atoms with Crippen LogP contribution in [0.1, 0.15) is 60.6 Å². The second-order valence-electron chi connectivity index (χ2n) is 9.59. The Labute approximate surface area is 171 Å². The fourth-order valence-corrected chi connectivity index (χ4v) is 7.34. The summed E-state index contributed by atoms with van der Waals surface area (Å²) in [5.41, 5.74) is 2.66. The number of amides is 1. The van der Waals surface area contributed by atoms with Crippen molar-refractivity contribution < 1.29 is 10.1 Å². The van der Waals surface area contributed by atoms with Gasteiger partial charge in [0.05, 0.1) is 4.88 Å². The predicted molar refractivity (Wildman–Crippen MR) is 113 cm³/mol. The summed E-state index contributed by atoms with van der Waals surface area (Å²) in [5.74, 6) is 2.81. The maximum Gasteiger partial charge on any atom is 0.275 e. The highest BCUT2D eigenvalue weighted by molar-refractivity contribution is 7.10. The standard InChI is InChI=1S/C24H30N2OS/c1-16-4-6-20(7-5-16)23(21-3-2-8-28-21)25-15-22(27)26-24-12-17-9-18(13-24)11-19(10-17)14-24/h2-8,17-19,23,25H,9-15H2,1H3,(H,26,27)/p+1/t17?,18?,19?,23-,24?/m1/s1. The van der Waals surface area contributed by atoms with Crippen LogP contribution in [0, 0.1) is 24.7 Å². The van der Waals surface area contributed by atoms with Crippen molar-refractivity contribution in [2.24, 2.45) is 17.8 Å². The second kappa shape index (κ2) is 7.31. The molecule has 4 saturated carbocycles. The molecule has 4 heteroatoms. The van der Waals surface area contributed by atoms with Crippen molar-refractivity contribution in [2.75, 3.05) is 6.54 Å². The molecule has 4 fully saturated rings. The van der Waals surface area contributed by atoms with E-state index in [0.29, 0.717) is 6.54 Å². The molecule has 2 aromatic rings. The number of hydrogen-bond donors (Lipinski definition) is 2. The van der Waals surface area contributed by atoms with E-state index in [1.165, 1.54) is 54.5 Å². The summed E-state index contributed by atoms with van der Waals surface area (Å²) in [5, 5.41) is 7.86. The third kappa shape index (κ3) is 3.65. The van der Waals surface area contributed by atoms with Crippen LogP contribution in [0.2, 0.25) is 0 Å². The van der Waals surface area contributed by atoms with Gasteiger partial charge in [-0.3, -0.25) is 4.79 Å². The van der Waals surface area contributed by atoms with Gasteiger partial charge in [-0.1, -0.05) is 35.9 Å². The van der Waals surface area contributed by atoms with Gasteiger partial charge in [0.15, 0.2) is 6.54 Å². The van der Waals surface area contributed by atoms with Gasteiger partial charge in [-0.05, 0) is 74.6 Å². The van der Waals surface area contributed by atoms with E-state index in [1.54, 1.807) is 11.3 Å². The molecular weight excluding hydrogens is 364 g/mol. The van der Waals surface area contributed by atoms with Crippen molar-refractivity contribution in [3.8, 4) is 0 Å². The van der Waals surface area contributed by atoms with Gasteiger partial charge < -0.3 is 10.6 Å². The summed E-state index contributed by atoms with van der Waals surface area (Å²) in [6, 6.07) is 13.2. The molecule has 148 valence electrons. The van der Waals surface area contributed by atoms with Gasteiger partial charge in [0.25, 0.3) is 5.91 Å². The van der Waals surface area contributed by atoms with E-state index in [0.717, 1.165) is 17.8 Å². The van der Waals surface area contributed by atoms with Crippen LogP contribution in [-0.4, -0.2) is 18.0 Å². The van der Waals surface area contributed by atoms with Gasteiger partial charge in [-0.15, -0.1) is 11.3 Å². The minimum atomic E-state index is 0.113. The number of carbonyl (C=O) groups excluding carboxylic acids is 1. The maximum absolute atomic E-state index is 12.9. The minimum Gasteiger partial charge on any atom is -0.346 e. The smallest absolute Gasteiger partial charge is 0.275 e. The van der Waals surface area contributed by atoms with Crippen LogP contribution >= 0.6 is 11.3 Å². The molecule has 1 heterocycles. The SMILES string of the molecule is Cc1ccc([C@@H]([NH2+]CC(=O)NC23CC4CC(CC(C4)C2)C3)c2cccs2)cc1. The number of hydrogen-bond acceptors (Lipinski definition) is 2. The van der Waals surface area contributed by atoms with E-state index in [-0.39, 0.29) is 17.5 Å². The van der Waals surface area contributed by atoms with E-state index in [9.17, 15) is 4.79 Å². The Hall–Kier alpha value is -1.65. The number of nitrogens with two attached hydrogens (primary N) is 1. The number of rotatable bonds is 6. The van der Waals surface area contributed by atoms with Crippen molar-refractivity contribution in [1.82, 2.24) is 5.32 Å². The van der Waals surface area contributed by atoms with Gasteiger partial charge in [0.1, 0.15) is 6.04 Å². The number of thiophene rings is 1. The summed E-state index contributed by atoms with van der Waals surface area (Å²) < 4.78 is 0. The number of quaternary nitrogens is 1. The Kier molecular flexibility index (Phi) is 4.80. The summed E-state index contributed by atoms with van der Waals surface area (Å²) >= 11 is 1.77. The lowest BCUT2D eigenvalue weighted by Gasteiger charge is -2.56. The van der Waals surface area contributed by atoms with Crippen molar-refractivity contribution in [1.29, 1.82) is 0 Å². The Morgan fingerprint density at radius 2 is 1.75 bits per heavy atom. The van der Waals surface area contributed by atoms with Crippen molar-refractivity contribution in [3.63, 3.8) is 0 Å². The van der Waals surface area contributed by atoms with Crippen LogP contribution in [0.25, 0.3) is 0 Å². The molecule has 0 radical (unpaired) electrons. The maximum atomic E-state index is 12.9. The Morgan fingerprint density at radius 1 is 1.11 bits per heavy atom. The molecule has 6 rings (SSSR count). The molecule has 1 amide bonds. The first-order chi connectivity index (χ1) is 13.6. The minimum absolute atomic E-state index is 0.113. The normalized spacial score (nSPS) is 31.7. The topological polar surface area (TPSA) is 45.7 Å². The van der Waals surface area contributed by atoms with Crippen molar-refractivity contribution >= 4 is 17.2 Å². The number of carbonyl (C=O) groups is 1. The molecule has 1 atom stereocenters. The zero-order valence-corrected chi connectivity index (χ0v) is 17.5. The van der Waals surface area contributed by atoms with Crippen LogP contribution in [0.3, 0.4) is 0 Å². The van der Waals surface area contributed by atoms with E-state index in [1.807, 2.05) is 0 Å². The largest absolute Gasteiger partial charge is 0.346 e. The fourth-order valence-electron chi connectivity index (χ4n) is 6.49. The van der Waals surface area contributed by atoms with Gasteiger partial charge in [-0.2, -0.15) is 0 Å². The molecule has 0 saturated heterocycles. The lowest BCUT2D eigenvalue weighted by Crippen LogP contribution is -2.88. The zero-order valence-electron chi connectivity index (χ0n) is 16.7. The third-order valence-corrected chi connectivity index (χ3v) is 8.22. The van der Waals surface area contributed by atoms with Crippen LogP contribution in [-0.2, 0) is 4.79 Å². The Morgan fingerprint density at radius 3 is 2.32 bits per heavy atom. The van der Waals surface area contributed by atoms with E-state index in [2.05, 4.69) is 59.3 Å². The van der Waals surface area contributed by atoms with E-state index in [4.69, 9.17) is 0 Å². The molecule has 4 bridgehead atoms. The Balaban J connectivity index is 1.26. The molecule has 1 aromatic heterocycles. The summed E-state index contributed by atoms with van der Waals surface area (Å²) in [6.45, 7) is 2.62. The molecule has 0 unspecified atom stereocenters. The lowest BCUT2D eigenvalue weighted by atomic mass is 9.53. The second-order valence-corrected chi connectivity index (χ2v) is 10.6. The summed E-state index contributed by atoms with van der Waals surface area (Å²) in [4.78, 5) is 14.3. The molecular formula is C24H31N2OS+. The average Bonchev–Trinajstić information content (AvgIpc) is 3.16. The zero-order chi connectivity index (χ0) is 19.1. The number of aryl methyl sites for hydroxylation is 1. The molecule has 4 aliphatic rings. The molecule has 4 aliphatic carbocycles. The van der Waals surface area contributed by atoms with E-state index < -0.39 is 0 Å². The van der Waals surface area contributed by atoms with Crippen LogP contribution in [0.4, 0.5) is 0 Å². The van der Waals surface area contributed by atoms with Crippen molar-refractivity contribution in [2.45, 2.75) is 57.0 Å². The van der Waals surface area contributed by atoms with Gasteiger partial charge in [0.2, 0.25) is 0 Å². The third-order valence-electron chi connectivity index (χ3n) is 7.27. The highest BCUT2D eigenvalue weighted by atomic mass is 32.1. The van der Waals surface area contributed by atoms with Gasteiger partial charge >= 0.3 is 0 Å². The predicted octanol–water partition coefficient (Wildman–Crippen LogP) is 3.79. The Bertz CT molecular complexity index is 792.